The summed E-state index contributed by atoms with van der Waals surface area (Å²) in [7, 11) is 1.26. The molecule has 290 valence electrons. The first-order valence-corrected chi connectivity index (χ1v) is 21.7. The maximum atomic E-state index is 12.8. The number of unbranched alkanes of at least 4 members (excludes halogenated alkanes) is 21. The van der Waals surface area contributed by atoms with E-state index in [2.05, 4.69) is 31.3 Å². The van der Waals surface area contributed by atoms with Gasteiger partial charge in [0.1, 0.15) is 13.2 Å². The number of aliphatic hydroxyl groups is 1. The number of phosphoric acid groups is 1. The van der Waals surface area contributed by atoms with Crippen LogP contribution >= 0.6 is 7.82 Å². The summed E-state index contributed by atoms with van der Waals surface area (Å²) in [5.41, 5.74) is 0. The minimum absolute atomic E-state index is 0.00113. The van der Waals surface area contributed by atoms with Gasteiger partial charge in [0.2, 0.25) is 5.91 Å². The molecule has 49 heavy (non-hydrogen) atoms. The zero-order valence-corrected chi connectivity index (χ0v) is 33.5. The van der Waals surface area contributed by atoms with E-state index >= 15 is 0 Å². The Morgan fingerprint density at radius 1 is 0.694 bits per heavy atom. The van der Waals surface area contributed by atoms with Crippen molar-refractivity contribution in [1.82, 2.24) is 5.32 Å². The molecule has 0 aromatic rings. The Hall–Kier alpha value is -1.02. The number of nitrogens with one attached hydrogen (secondary N) is 1. The van der Waals surface area contributed by atoms with E-state index in [0.29, 0.717) is 17.4 Å². The first-order chi connectivity index (χ1) is 23.5. The number of allylic oxidation sites excluding steroid dienone is 3. The van der Waals surface area contributed by atoms with Crippen molar-refractivity contribution in [3.05, 3.63) is 24.3 Å². The van der Waals surface area contributed by atoms with Crippen molar-refractivity contribution in [3.8, 4) is 0 Å². The number of quaternary nitrogens is 1. The SMILES string of the molecule is CCCCCC/C=C\CCCCCCCCCC(=O)NC(COP(=O)([O-])OCC[N+](C)(C)C)C(O)/C=C/CCCCCCCCCCCC. The second-order valence-corrected chi connectivity index (χ2v) is 16.4. The van der Waals surface area contributed by atoms with E-state index in [0.717, 1.165) is 38.5 Å². The summed E-state index contributed by atoms with van der Waals surface area (Å²) in [6.07, 6.45) is 36.4. The van der Waals surface area contributed by atoms with E-state index in [1.165, 1.54) is 116 Å². The molecule has 3 atom stereocenters. The summed E-state index contributed by atoms with van der Waals surface area (Å²) in [5.74, 6) is -0.205. The smallest absolute Gasteiger partial charge is 0.268 e. The minimum Gasteiger partial charge on any atom is -0.756 e. The molecule has 0 spiro atoms. The number of amides is 1. The van der Waals surface area contributed by atoms with Crippen molar-refractivity contribution in [3.63, 3.8) is 0 Å². The fourth-order valence-corrected chi connectivity index (χ4v) is 6.34. The first kappa shape index (κ1) is 48.0. The summed E-state index contributed by atoms with van der Waals surface area (Å²) in [5, 5.41) is 13.7. The fourth-order valence-electron chi connectivity index (χ4n) is 5.62. The van der Waals surface area contributed by atoms with Crippen LogP contribution in [0.2, 0.25) is 0 Å². The highest BCUT2D eigenvalue weighted by atomic mass is 31.2. The van der Waals surface area contributed by atoms with Gasteiger partial charge in [-0.05, 0) is 44.9 Å². The van der Waals surface area contributed by atoms with E-state index in [4.69, 9.17) is 9.05 Å². The van der Waals surface area contributed by atoms with E-state index in [1.807, 2.05) is 27.2 Å². The number of hydrogen-bond acceptors (Lipinski definition) is 6. The van der Waals surface area contributed by atoms with Crippen LogP contribution in [0.5, 0.6) is 0 Å². The Labute approximate surface area is 303 Å². The Kier molecular flexibility index (Phi) is 32.2. The molecule has 0 saturated carbocycles. The van der Waals surface area contributed by atoms with Crippen LogP contribution in [0.3, 0.4) is 0 Å². The zero-order chi connectivity index (χ0) is 36.5. The van der Waals surface area contributed by atoms with Gasteiger partial charge in [0.25, 0.3) is 7.82 Å². The molecule has 8 nitrogen and oxygen atoms in total. The molecule has 0 heterocycles. The van der Waals surface area contributed by atoms with Gasteiger partial charge in [-0.2, -0.15) is 0 Å². The second-order valence-electron chi connectivity index (χ2n) is 15.0. The molecular formula is C40H79N2O6P. The number of nitrogens with zero attached hydrogens (tertiary/aromatic N) is 1. The molecule has 0 aromatic carbocycles. The third-order valence-corrected chi connectivity index (χ3v) is 9.87. The zero-order valence-electron chi connectivity index (χ0n) is 32.6. The number of aliphatic hydroxyl groups excluding tert-OH is 1. The van der Waals surface area contributed by atoms with Crippen LogP contribution in [0.15, 0.2) is 24.3 Å². The first-order valence-electron chi connectivity index (χ1n) is 20.2. The number of rotatable bonds is 36. The molecule has 0 saturated heterocycles. The van der Waals surface area contributed by atoms with Gasteiger partial charge in [0.15, 0.2) is 0 Å². The third-order valence-electron chi connectivity index (χ3n) is 8.91. The molecule has 3 unspecified atom stereocenters. The Balaban J connectivity index is 4.49. The van der Waals surface area contributed by atoms with Crippen molar-refractivity contribution >= 4 is 13.7 Å². The number of hydrogen-bond donors (Lipinski definition) is 2. The van der Waals surface area contributed by atoms with Gasteiger partial charge in [-0.15, -0.1) is 0 Å². The monoisotopic (exact) mass is 715 g/mol. The topological polar surface area (TPSA) is 108 Å². The van der Waals surface area contributed by atoms with E-state index < -0.39 is 20.0 Å². The van der Waals surface area contributed by atoms with Crippen molar-refractivity contribution in [2.24, 2.45) is 0 Å². The predicted octanol–water partition coefficient (Wildman–Crippen LogP) is 9.94. The Morgan fingerprint density at radius 3 is 1.61 bits per heavy atom. The highest BCUT2D eigenvalue weighted by Gasteiger charge is 2.23. The quantitative estimate of drug-likeness (QED) is 0.0290. The fraction of sp³-hybridized carbons (Fsp3) is 0.875. The minimum atomic E-state index is -4.58. The number of carbonyl (C=O) groups is 1. The van der Waals surface area contributed by atoms with Crippen molar-refractivity contribution in [1.29, 1.82) is 0 Å². The molecular weight excluding hydrogens is 635 g/mol. The van der Waals surface area contributed by atoms with Crippen LogP contribution in [0, 0.1) is 0 Å². The highest BCUT2D eigenvalue weighted by Crippen LogP contribution is 2.38. The lowest BCUT2D eigenvalue weighted by Gasteiger charge is -2.29. The van der Waals surface area contributed by atoms with Crippen molar-refractivity contribution < 1.29 is 32.9 Å². The lowest BCUT2D eigenvalue weighted by Crippen LogP contribution is -2.45. The van der Waals surface area contributed by atoms with Gasteiger partial charge in [0.05, 0.1) is 39.9 Å². The van der Waals surface area contributed by atoms with Crippen LogP contribution < -0.4 is 10.2 Å². The van der Waals surface area contributed by atoms with Crippen LogP contribution in [-0.4, -0.2) is 68.5 Å². The van der Waals surface area contributed by atoms with E-state index in [1.54, 1.807) is 6.08 Å². The van der Waals surface area contributed by atoms with Crippen LogP contribution in [-0.2, 0) is 18.4 Å². The maximum Gasteiger partial charge on any atom is 0.268 e. The molecule has 0 aliphatic heterocycles. The second kappa shape index (κ2) is 32.9. The molecule has 0 aliphatic carbocycles. The number of carbonyl (C=O) groups excluding carboxylic acids is 1. The van der Waals surface area contributed by atoms with Crippen molar-refractivity contribution in [2.75, 3.05) is 40.9 Å². The van der Waals surface area contributed by atoms with Gasteiger partial charge in [-0.1, -0.05) is 147 Å². The van der Waals surface area contributed by atoms with Gasteiger partial charge in [0, 0.05) is 6.42 Å². The summed E-state index contributed by atoms with van der Waals surface area (Å²) < 4.78 is 23.1. The number of phosphoric ester groups is 1. The average Bonchev–Trinajstić information content (AvgIpc) is 3.04. The average molecular weight is 715 g/mol. The van der Waals surface area contributed by atoms with Gasteiger partial charge >= 0.3 is 0 Å². The summed E-state index contributed by atoms with van der Waals surface area (Å²) in [6.45, 7) is 4.61. The molecule has 9 heteroatoms. The van der Waals surface area contributed by atoms with Crippen LogP contribution in [0.25, 0.3) is 0 Å². The van der Waals surface area contributed by atoms with Crippen molar-refractivity contribution in [2.45, 2.75) is 187 Å². The normalized spacial score (nSPS) is 14.8. The van der Waals surface area contributed by atoms with Gasteiger partial charge < -0.3 is 28.8 Å². The third kappa shape index (κ3) is 35.2. The lowest BCUT2D eigenvalue weighted by atomic mass is 10.1. The molecule has 0 rings (SSSR count). The Morgan fingerprint density at radius 2 is 1.12 bits per heavy atom. The molecule has 0 bridgehead atoms. The molecule has 0 fully saturated rings. The molecule has 0 radical (unpaired) electrons. The lowest BCUT2D eigenvalue weighted by molar-refractivity contribution is -0.870. The maximum absolute atomic E-state index is 12.8. The summed E-state index contributed by atoms with van der Waals surface area (Å²) >= 11 is 0. The molecule has 0 aliphatic rings. The largest absolute Gasteiger partial charge is 0.756 e. The van der Waals surface area contributed by atoms with Crippen LogP contribution in [0.1, 0.15) is 174 Å². The summed E-state index contributed by atoms with van der Waals surface area (Å²) in [6, 6.07) is -0.883. The van der Waals surface area contributed by atoms with E-state index in [9.17, 15) is 19.4 Å². The van der Waals surface area contributed by atoms with Crippen LogP contribution in [0.4, 0.5) is 0 Å². The predicted molar refractivity (Wildman–Crippen MR) is 205 cm³/mol. The number of likely N-dealkylation sites (N-methyl/N-ethyl adjacent to an activating group) is 1. The van der Waals surface area contributed by atoms with Gasteiger partial charge in [-0.25, -0.2) is 0 Å². The Bertz CT molecular complexity index is 860. The summed E-state index contributed by atoms with van der Waals surface area (Å²) in [4.78, 5) is 25.2. The van der Waals surface area contributed by atoms with Gasteiger partial charge in [-0.3, -0.25) is 9.36 Å². The standard InChI is InChI=1S/C40H79N2O6P/c1-6-8-10-12-14-16-18-20-21-22-24-26-28-30-32-34-40(44)41-38(37-48-49(45,46)47-36-35-42(3,4)5)39(43)33-31-29-27-25-23-19-17-15-13-11-9-7-2/h16,18,31,33,38-39,43H,6-15,17,19-30,32,34-37H2,1-5H3,(H-,41,44,45,46)/b18-16-,33-31+. The molecule has 2 N–H and O–H groups in total. The van der Waals surface area contributed by atoms with E-state index in [-0.39, 0.29) is 19.1 Å². The highest BCUT2D eigenvalue weighted by molar-refractivity contribution is 7.45. The molecule has 1 amide bonds. The molecule has 0 aromatic heterocycles.